The standard InChI is InChI=1S/C14H20N2/c1-10-5-4-6-12-11(10)7-8-14(15)13(12)9-16(2)3/h5,7-8H,4,6,9,15H2,1-3H3. The van der Waals surface area contributed by atoms with Crippen molar-refractivity contribution in [1.29, 1.82) is 0 Å². The van der Waals surface area contributed by atoms with Crippen LogP contribution in [0.15, 0.2) is 18.2 Å². The molecule has 0 saturated carbocycles. The average Bonchev–Trinajstić information content (AvgIpc) is 2.22. The highest BCUT2D eigenvalue weighted by Crippen LogP contribution is 2.32. The first-order chi connectivity index (χ1) is 7.59. The number of nitrogens with two attached hydrogens (primary N) is 1. The van der Waals surface area contributed by atoms with Crippen LogP contribution in [0, 0.1) is 0 Å². The summed E-state index contributed by atoms with van der Waals surface area (Å²) in [6, 6.07) is 4.20. The fourth-order valence-electron chi connectivity index (χ4n) is 2.41. The van der Waals surface area contributed by atoms with Crippen molar-refractivity contribution in [2.45, 2.75) is 26.3 Å². The molecule has 2 N–H and O–H groups in total. The van der Waals surface area contributed by atoms with Gasteiger partial charge in [0, 0.05) is 12.2 Å². The minimum Gasteiger partial charge on any atom is -0.398 e. The SMILES string of the molecule is CC1=CCCc2c1ccc(N)c2CN(C)C. The summed E-state index contributed by atoms with van der Waals surface area (Å²) in [5.41, 5.74) is 12.6. The lowest BCUT2D eigenvalue weighted by molar-refractivity contribution is 0.401. The van der Waals surface area contributed by atoms with Crippen molar-refractivity contribution in [3.05, 3.63) is 34.9 Å². The van der Waals surface area contributed by atoms with E-state index in [-0.39, 0.29) is 0 Å². The summed E-state index contributed by atoms with van der Waals surface area (Å²) in [5, 5.41) is 0. The van der Waals surface area contributed by atoms with Gasteiger partial charge in [0.25, 0.3) is 0 Å². The zero-order valence-electron chi connectivity index (χ0n) is 10.4. The highest BCUT2D eigenvalue weighted by atomic mass is 15.0. The van der Waals surface area contributed by atoms with Crippen molar-refractivity contribution < 1.29 is 0 Å². The van der Waals surface area contributed by atoms with Gasteiger partial charge in [-0.05, 0) is 62.2 Å². The van der Waals surface area contributed by atoms with Gasteiger partial charge < -0.3 is 10.6 Å². The van der Waals surface area contributed by atoms with E-state index >= 15 is 0 Å². The van der Waals surface area contributed by atoms with Gasteiger partial charge >= 0.3 is 0 Å². The van der Waals surface area contributed by atoms with Crippen LogP contribution in [-0.4, -0.2) is 19.0 Å². The summed E-state index contributed by atoms with van der Waals surface area (Å²) >= 11 is 0. The smallest absolute Gasteiger partial charge is 0.0362 e. The maximum Gasteiger partial charge on any atom is 0.0362 e. The summed E-state index contributed by atoms with van der Waals surface area (Å²) in [5.74, 6) is 0. The average molecular weight is 216 g/mol. The Morgan fingerprint density at radius 1 is 1.31 bits per heavy atom. The topological polar surface area (TPSA) is 29.3 Å². The molecule has 1 aliphatic rings. The molecule has 0 aromatic heterocycles. The maximum atomic E-state index is 6.09. The number of anilines is 1. The van der Waals surface area contributed by atoms with Gasteiger partial charge in [-0.3, -0.25) is 0 Å². The van der Waals surface area contributed by atoms with E-state index in [4.69, 9.17) is 5.73 Å². The molecule has 0 amide bonds. The van der Waals surface area contributed by atoms with Gasteiger partial charge in [0.1, 0.15) is 0 Å². The molecule has 0 fully saturated rings. The van der Waals surface area contributed by atoms with Crippen molar-refractivity contribution in [3.8, 4) is 0 Å². The number of nitrogens with zero attached hydrogens (tertiary/aromatic N) is 1. The third-order valence-corrected chi connectivity index (χ3v) is 3.21. The van der Waals surface area contributed by atoms with E-state index in [0.29, 0.717) is 0 Å². The molecule has 1 aromatic carbocycles. The van der Waals surface area contributed by atoms with E-state index in [1.54, 1.807) is 0 Å². The number of allylic oxidation sites excluding steroid dienone is 2. The molecule has 86 valence electrons. The molecule has 0 bridgehead atoms. The van der Waals surface area contributed by atoms with Crippen molar-refractivity contribution >= 4 is 11.3 Å². The largest absolute Gasteiger partial charge is 0.398 e. The van der Waals surface area contributed by atoms with Gasteiger partial charge in [-0.15, -0.1) is 0 Å². The van der Waals surface area contributed by atoms with Crippen LogP contribution < -0.4 is 5.73 Å². The maximum absolute atomic E-state index is 6.09. The van der Waals surface area contributed by atoms with Gasteiger partial charge in [-0.25, -0.2) is 0 Å². The van der Waals surface area contributed by atoms with E-state index in [9.17, 15) is 0 Å². The van der Waals surface area contributed by atoms with Crippen molar-refractivity contribution in [3.63, 3.8) is 0 Å². The van der Waals surface area contributed by atoms with Gasteiger partial charge in [-0.2, -0.15) is 0 Å². The van der Waals surface area contributed by atoms with Crippen LogP contribution in [0.25, 0.3) is 5.57 Å². The zero-order chi connectivity index (χ0) is 11.7. The number of benzene rings is 1. The predicted octanol–water partition coefficient (Wildman–Crippen LogP) is 2.68. The first-order valence-electron chi connectivity index (χ1n) is 5.81. The van der Waals surface area contributed by atoms with Crippen LogP contribution in [0.3, 0.4) is 0 Å². The molecule has 0 saturated heterocycles. The van der Waals surface area contributed by atoms with Crippen molar-refractivity contribution in [2.75, 3.05) is 19.8 Å². The minimum atomic E-state index is 0.933. The third kappa shape index (κ3) is 1.98. The molecule has 2 rings (SSSR count). The molecule has 1 aromatic rings. The Kier molecular flexibility index (Phi) is 3.01. The van der Waals surface area contributed by atoms with Crippen LogP contribution in [0.5, 0.6) is 0 Å². The van der Waals surface area contributed by atoms with E-state index < -0.39 is 0 Å². The van der Waals surface area contributed by atoms with Crippen LogP contribution in [0.1, 0.15) is 30.0 Å². The Morgan fingerprint density at radius 2 is 2.06 bits per heavy atom. The molecule has 0 atom stereocenters. The van der Waals surface area contributed by atoms with Crippen molar-refractivity contribution in [2.24, 2.45) is 0 Å². The Labute approximate surface area is 97.8 Å². The molecule has 2 nitrogen and oxygen atoms in total. The quantitative estimate of drug-likeness (QED) is 0.770. The molecule has 0 radical (unpaired) electrons. The Morgan fingerprint density at radius 3 is 2.75 bits per heavy atom. The highest BCUT2D eigenvalue weighted by Gasteiger charge is 2.15. The lowest BCUT2D eigenvalue weighted by atomic mass is 9.87. The number of hydrogen-bond donors (Lipinski definition) is 1. The Bertz CT molecular complexity index is 431. The molecule has 0 unspecified atom stereocenters. The van der Waals surface area contributed by atoms with Crippen LogP contribution in [0.2, 0.25) is 0 Å². The molecule has 16 heavy (non-hydrogen) atoms. The molecular weight excluding hydrogens is 196 g/mol. The first kappa shape index (κ1) is 11.2. The summed E-state index contributed by atoms with van der Waals surface area (Å²) < 4.78 is 0. The second-order valence-corrected chi connectivity index (χ2v) is 4.82. The number of rotatable bonds is 2. The second kappa shape index (κ2) is 4.30. The third-order valence-electron chi connectivity index (χ3n) is 3.21. The molecule has 2 heteroatoms. The fourth-order valence-corrected chi connectivity index (χ4v) is 2.41. The number of hydrogen-bond acceptors (Lipinski definition) is 2. The second-order valence-electron chi connectivity index (χ2n) is 4.82. The minimum absolute atomic E-state index is 0.933. The van der Waals surface area contributed by atoms with Crippen LogP contribution in [0.4, 0.5) is 5.69 Å². The molecule has 0 spiro atoms. The number of nitrogen functional groups attached to an aromatic ring is 1. The monoisotopic (exact) mass is 216 g/mol. The summed E-state index contributed by atoms with van der Waals surface area (Å²) in [4.78, 5) is 2.18. The van der Waals surface area contributed by atoms with E-state index in [1.165, 1.54) is 22.3 Å². The van der Waals surface area contributed by atoms with E-state index in [2.05, 4.69) is 38.1 Å². The summed E-state index contributed by atoms with van der Waals surface area (Å²) in [7, 11) is 4.18. The van der Waals surface area contributed by atoms with Gasteiger partial charge in [0.15, 0.2) is 0 Å². The summed E-state index contributed by atoms with van der Waals surface area (Å²) in [6.07, 6.45) is 4.58. The first-order valence-corrected chi connectivity index (χ1v) is 5.81. The lowest BCUT2D eigenvalue weighted by Crippen LogP contribution is -2.16. The Balaban J connectivity index is 2.51. The lowest BCUT2D eigenvalue weighted by Gasteiger charge is -2.22. The summed E-state index contributed by atoms with van der Waals surface area (Å²) in [6.45, 7) is 3.12. The van der Waals surface area contributed by atoms with Gasteiger partial charge in [0.2, 0.25) is 0 Å². The van der Waals surface area contributed by atoms with E-state index in [1.807, 2.05) is 6.07 Å². The molecular formula is C14H20N2. The zero-order valence-corrected chi connectivity index (χ0v) is 10.4. The number of fused-ring (bicyclic) bond motifs is 1. The molecule has 1 aliphatic carbocycles. The Hall–Kier alpha value is -1.28. The van der Waals surface area contributed by atoms with Gasteiger partial charge in [-0.1, -0.05) is 12.1 Å². The van der Waals surface area contributed by atoms with Crippen molar-refractivity contribution in [1.82, 2.24) is 4.90 Å². The molecule has 0 aliphatic heterocycles. The molecule has 0 heterocycles. The van der Waals surface area contributed by atoms with Crippen LogP contribution >= 0.6 is 0 Å². The van der Waals surface area contributed by atoms with Gasteiger partial charge in [0.05, 0.1) is 0 Å². The van der Waals surface area contributed by atoms with Crippen LogP contribution in [-0.2, 0) is 13.0 Å². The van der Waals surface area contributed by atoms with E-state index in [0.717, 1.165) is 25.1 Å². The normalized spacial score (nSPS) is 14.9. The fraction of sp³-hybridized carbons (Fsp3) is 0.429. The highest BCUT2D eigenvalue weighted by molar-refractivity contribution is 5.72. The predicted molar refractivity (Wildman–Crippen MR) is 70.2 cm³/mol.